The maximum Gasteiger partial charge on any atom is 0.225 e. The summed E-state index contributed by atoms with van der Waals surface area (Å²) in [5, 5.41) is 0.753. The predicted octanol–water partition coefficient (Wildman–Crippen LogP) is 3.86. The minimum Gasteiger partial charge on any atom is -0.342 e. The van der Waals surface area contributed by atoms with Crippen LogP contribution < -0.4 is 0 Å². The zero-order valence-electron chi connectivity index (χ0n) is 14.7. The Balaban J connectivity index is 1.79. The highest BCUT2D eigenvalue weighted by Crippen LogP contribution is 2.29. The lowest BCUT2D eigenvalue weighted by Crippen LogP contribution is -2.33. The molecular formula is C20H27ClN2O. The summed E-state index contributed by atoms with van der Waals surface area (Å²) in [7, 11) is 2.15. The van der Waals surface area contributed by atoms with Gasteiger partial charge in [0, 0.05) is 37.1 Å². The number of carbonyl (C=O) groups is 1. The Labute approximate surface area is 150 Å². The van der Waals surface area contributed by atoms with Crippen LogP contribution in [0, 0.1) is 5.92 Å². The molecule has 1 amide bonds. The molecule has 0 spiro atoms. The molecule has 1 fully saturated rings. The first kappa shape index (κ1) is 17.5. The van der Waals surface area contributed by atoms with Crippen LogP contribution in [0.2, 0.25) is 5.02 Å². The van der Waals surface area contributed by atoms with Gasteiger partial charge in [0.1, 0.15) is 0 Å². The van der Waals surface area contributed by atoms with Crippen LogP contribution in [0.15, 0.2) is 24.3 Å². The smallest absolute Gasteiger partial charge is 0.225 e. The van der Waals surface area contributed by atoms with Crippen molar-refractivity contribution < 1.29 is 4.79 Å². The third kappa shape index (κ3) is 4.01. The number of hydrogen-bond donors (Lipinski definition) is 0. The number of rotatable bonds is 4. The molecule has 0 aliphatic carbocycles. The molecule has 1 aromatic carbocycles. The number of likely N-dealkylation sites (N-methyl/N-ethyl adjacent to an activating group) is 1. The van der Waals surface area contributed by atoms with Gasteiger partial charge in [-0.25, -0.2) is 0 Å². The second-order valence-corrected chi connectivity index (χ2v) is 7.62. The Morgan fingerprint density at radius 3 is 2.67 bits per heavy atom. The van der Waals surface area contributed by atoms with Gasteiger partial charge in [-0.15, -0.1) is 0 Å². The van der Waals surface area contributed by atoms with Gasteiger partial charge in [-0.2, -0.15) is 0 Å². The Bertz CT molecular complexity index is 635. The summed E-state index contributed by atoms with van der Waals surface area (Å²) in [5.74, 6) is 0.294. The van der Waals surface area contributed by atoms with Crippen LogP contribution in [0.3, 0.4) is 0 Å². The molecule has 1 saturated heterocycles. The predicted molar refractivity (Wildman–Crippen MR) is 100 cm³/mol. The van der Waals surface area contributed by atoms with Gasteiger partial charge in [0.2, 0.25) is 5.91 Å². The van der Waals surface area contributed by atoms with Crippen LogP contribution in [0.4, 0.5) is 0 Å². The van der Waals surface area contributed by atoms with E-state index in [1.165, 1.54) is 16.7 Å². The number of benzene rings is 1. The molecule has 3 nitrogen and oxygen atoms in total. The molecule has 0 saturated carbocycles. The van der Waals surface area contributed by atoms with E-state index < -0.39 is 0 Å². The topological polar surface area (TPSA) is 23.6 Å². The molecule has 1 aromatic rings. The second-order valence-electron chi connectivity index (χ2n) is 7.18. The monoisotopic (exact) mass is 346 g/mol. The first-order valence-electron chi connectivity index (χ1n) is 9.00. The third-order valence-corrected chi connectivity index (χ3v) is 5.43. The van der Waals surface area contributed by atoms with Crippen molar-refractivity contribution in [2.24, 2.45) is 5.92 Å². The van der Waals surface area contributed by atoms with Crippen molar-refractivity contribution in [2.75, 3.05) is 33.2 Å². The maximum atomic E-state index is 12.6. The molecular weight excluding hydrogens is 320 g/mol. The molecule has 1 unspecified atom stereocenters. The van der Waals surface area contributed by atoms with Gasteiger partial charge in [0.05, 0.1) is 0 Å². The number of hydrogen-bond acceptors (Lipinski definition) is 2. The molecule has 2 heterocycles. The lowest BCUT2D eigenvalue weighted by Gasteiger charge is -2.25. The fourth-order valence-corrected chi connectivity index (χ4v) is 3.92. The SMILES string of the molecule is CC(Cc1cc(Cl)ccc1C1=CCN(C)CC1)C(=O)N1CCCC1. The molecule has 3 rings (SSSR count). The largest absolute Gasteiger partial charge is 0.342 e. The second kappa shape index (κ2) is 7.71. The fourth-order valence-electron chi connectivity index (χ4n) is 3.73. The van der Waals surface area contributed by atoms with Crippen LogP contribution >= 0.6 is 11.6 Å². The number of halogens is 1. The maximum absolute atomic E-state index is 12.6. The molecule has 130 valence electrons. The van der Waals surface area contributed by atoms with E-state index in [0.29, 0.717) is 0 Å². The Morgan fingerprint density at radius 1 is 1.25 bits per heavy atom. The van der Waals surface area contributed by atoms with Crippen LogP contribution in [0.1, 0.15) is 37.3 Å². The molecule has 0 bridgehead atoms. The van der Waals surface area contributed by atoms with Crippen molar-refractivity contribution in [3.8, 4) is 0 Å². The summed E-state index contributed by atoms with van der Waals surface area (Å²) in [6.07, 6.45) is 6.41. The number of likely N-dealkylation sites (tertiary alicyclic amines) is 1. The van der Waals surface area contributed by atoms with E-state index in [9.17, 15) is 4.79 Å². The lowest BCUT2D eigenvalue weighted by atomic mass is 9.90. The van der Waals surface area contributed by atoms with Crippen LogP contribution in [-0.4, -0.2) is 48.9 Å². The van der Waals surface area contributed by atoms with Crippen LogP contribution in [0.5, 0.6) is 0 Å². The average Bonchev–Trinajstić information content (AvgIpc) is 3.10. The first-order chi connectivity index (χ1) is 11.5. The normalized spacial score (nSPS) is 20.1. The molecule has 0 N–H and O–H groups in total. The molecule has 4 heteroatoms. The van der Waals surface area contributed by atoms with Crippen molar-refractivity contribution in [2.45, 2.75) is 32.6 Å². The summed E-state index contributed by atoms with van der Waals surface area (Å²) in [4.78, 5) is 17.0. The number of amides is 1. The van der Waals surface area contributed by atoms with Crippen LogP contribution in [-0.2, 0) is 11.2 Å². The van der Waals surface area contributed by atoms with E-state index in [1.807, 2.05) is 24.0 Å². The molecule has 0 radical (unpaired) electrons. The van der Waals surface area contributed by atoms with Gasteiger partial charge in [0.25, 0.3) is 0 Å². The summed E-state index contributed by atoms with van der Waals surface area (Å²) in [5.41, 5.74) is 3.87. The first-order valence-corrected chi connectivity index (χ1v) is 9.37. The van der Waals surface area contributed by atoms with E-state index in [2.05, 4.69) is 24.1 Å². The average molecular weight is 347 g/mol. The fraction of sp³-hybridized carbons (Fsp3) is 0.550. The summed E-state index contributed by atoms with van der Waals surface area (Å²) in [6, 6.07) is 6.14. The Hall–Kier alpha value is -1.32. The summed E-state index contributed by atoms with van der Waals surface area (Å²) < 4.78 is 0. The molecule has 1 atom stereocenters. The lowest BCUT2D eigenvalue weighted by molar-refractivity contribution is -0.133. The van der Waals surface area contributed by atoms with Gasteiger partial charge in [0.15, 0.2) is 0 Å². The third-order valence-electron chi connectivity index (χ3n) is 5.19. The minimum absolute atomic E-state index is 0.00665. The summed E-state index contributed by atoms with van der Waals surface area (Å²) >= 11 is 6.25. The van der Waals surface area contributed by atoms with E-state index in [4.69, 9.17) is 11.6 Å². The van der Waals surface area contributed by atoms with Crippen molar-refractivity contribution in [1.29, 1.82) is 0 Å². The zero-order chi connectivity index (χ0) is 17.1. The zero-order valence-corrected chi connectivity index (χ0v) is 15.5. The van der Waals surface area contributed by atoms with Crippen molar-refractivity contribution in [3.63, 3.8) is 0 Å². The number of carbonyl (C=O) groups excluding carboxylic acids is 1. The molecule has 2 aliphatic rings. The van der Waals surface area contributed by atoms with Gasteiger partial charge < -0.3 is 9.80 Å². The highest BCUT2D eigenvalue weighted by atomic mass is 35.5. The van der Waals surface area contributed by atoms with Crippen LogP contribution in [0.25, 0.3) is 5.57 Å². The quantitative estimate of drug-likeness (QED) is 0.826. The van der Waals surface area contributed by atoms with E-state index >= 15 is 0 Å². The van der Waals surface area contributed by atoms with E-state index in [0.717, 1.165) is 56.9 Å². The van der Waals surface area contributed by atoms with E-state index in [-0.39, 0.29) is 11.8 Å². The van der Waals surface area contributed by atoms with E-state index in [1.54, 1.807) is 0 Å². The Kier molecular flexibility index (Phi) is 5.62. The Morgan fingerprint density at radius 2 is 2.00 bits per heavy atom. The van der Waals surface area contributed by atoms with Gasteiger partial charge in [-0.1, -0.05) is 30.7 Å². The van der Waals surface area contributed by atoms with Gasteiger partial charge in [-0.3, -0.25) is 4.79 Å². The minimum atomic E-state index is 0.00665. The molecule has 24 heavy (non-hydrogen) atoms. The van der Waals surface area contributed by atoms with Crippen molar-refractivity contribution in [1.82, 2.24) is 9.80 Å². The standard InChI is InChI=1S/C20H27ClN2O/c1-15(20(24)23-9-3-4-10-23)13-17-14-18(21)5-6-19(17)16-7-11-22(2)12-8-16/h5-7,14-15H,3-4,8-13H2,1-2H3. The van der Waals surface area contributed by atoms with Gasteiger partial charge >= 0.3 is 0 Å². The molecule has 2 aliphatic heterocycles. The highest BCUT2D eigenvalue weighted by molar-refractivity contribution is 6.30. The summed E-state index contributed by atoms with van der Waals surface area (Å²) in [6.45, 7) is 5.95. The van der Waals surface area contributed by atoms with Gasteiger partial charge in [-0.05, 0) is 61.6 Å². The number of nitrogens with zero attached hydrogens (tertiary/aromatic N) is 2. The van der Waals surface area contributed by atoms with Crippen molar-refractivity contribution in [3.05, 3.63) is 40.4 Å². The highest BCUT2D eigenvalue weighted by Gasteiger charge is 2.24. The van der Waals surface area contributed by atoms with Crippen molar-refractivity contribution >= 4 is 23.1 Å². The molecule has 0 aromatic heterocycles.